The first-order chi connectivity index (χ1) is 14.2. The number of thioether (sulfide) groups is 1. The highest BCUT2D eigenvalue weighted by atomic mass is 32.2. The zero-order chi connectivity index (χ0) is 19.8. The molecule has 1 aliphatic carbocycles. The predicted octanol–water partition coefficient (Wildman–Crippen LogP) is 4.28. The van der Waals surface area contributed by atoms with Crippen molar-refractivity contribution < 1.29 is 13.6 Å². The Bertz CT molecular complexity index is 1170. The lowest BCUT2D eigenvalue weighted by Gasteiger charge is -2.08. The van der Waals surface area contributed by atoms with Crippen LogP contribution >= 0.6 is 23.1 Å². The molecule has 0 unspecified atom stereocenters. The lowest BCUT2D eigenvalue weighted by molar-refractivity contribution is -0.113. The van der Waals surface area contributed by atoms with E-state index >= 15 is 0 Å². The van der Waals surface area contributed by atoms with Crippen LogP contribution in [0.5, 0.6) is 0 Å². The van der Waals surface area contributed by atoms with Crippen LogP contribution in [-0.2, 0) is 11.3 Å². The number of carbonyl (C=O) groups excluding carboxylic acids is 1. The van der Waals surface area contributed by atoms with Gasteiger partial charge in [0.15, 0.2) is 10.3 Å². The number of aromatic nitrogens is 4. The lowest BCUT2D eigenvalue weighted by Crippen LogP contribution is -2.14. The van der Waals surface area contributed by atoms with Crippen molar-refractivity contribution in [1.82, 2.24) is 19.7 Å². The summed E-state index contributed by atoms with van der Waals surface area (Å²) >= 11 is 2.57. The Morgan fingerprint density at radius 1 is 1.34 bits per heavy atom. The number of thiazole rings is 1. The van der Waals surface area contributed by atoms with Gasteiger partial charge in [0.25, 0.3) is 0 Å². The van der Waals surface area contributed by atoms with E-state index in [0.29, 0.717) is 33.0 Å². The summed E-state index contributed by atoms with van der Waals surface area (Å²) in [4.78, 5) is 16.7. The van der Waals surface area contributed by atoms with Crippen LogP contribution in [0.4, 0.5) is 9.52 Å². The first-order valence-corrected chi connectivity index (χ1v) is 10.9. The van der Waals surface area contributed by atoms with E-state index in [1.165, 1.54) is 35.2 Å². The zero-order valence-electron chi connectivity index (χ0n) is 15.2. The molecule has 0 saturated heterocycles. The molecule has 148 valence electrons. The molecular formula is C19H16FN5O2S2. The third kappa shape index (κ3) is 4.03. The van der Waals surface area contributed by atoms with E-state index in [9.17, 15) is 9.18 Å². The second kappa shape index (κ2) is 7.60. The summed E-state index contributed by atoms with van der Waals surface area (Å²) < 4.78 is 21.5. The van der Waals surface area contributed by atoms with Gasteiger partial charge in [-0.05, 0) is 43.2 Å². The first-order valence-electron chi connectivity index (χ1n) is 9.10. The molecule has 3 aromatic heterocycles. The first kappa shape index (κ1) is 18.3. The molecule has 10 heteroatoms. The molecule has 3 heterocycles. The van der Waals surface area contributed by atoms with Crippen molar-refractivity contribution in [3.8, 4) is 0 Å². The number of hydrogen-bond acceptors (Lipinski definition) is 7. The van der Waals surface area contributed by atoms with Crippen LogP contribution in [0.3, 0.4) is 0 Å². The van der Waals surface area contributed by atoms with E-state index in [1.54, 1.807) is 12.3 Å². The Hall–Kier alpha value is -2.72. The lowest BCUT2D eigenvalue weighted by atomic mass is 10.3. The van der Waals surface area contributed by atoms with Gasteiger partial charge < -0.3 is 9.73 Å². The molecule has 4 aromatic rings. The van der Waals surface area contributed by atoms with Gasteiger partial charge >= 0.3 is 0 Å². The Kier molecular flexibility index (Phi) is 4.80. The van der Waals surface area contributed by atoms with Crippen LogP contribution in [0.1, 0.15) is 30.3 Å². The second-order valence-corrected chi connectivity index (χ2v) is 8.72. The standard InChI is InChI=1S/C19H16FN5O2S2/c20-12-5-6-14-15(8-12)29-18(21-14)22-16(26)10-28-19-24-23-17(11-3-4-11)25(19)9-13-2-1-7-27-13/h1-2,5-8,11H,3-4,9-10H2,(H,21,22,26). The number of amides is 1. The number of rotatable bonds is 7. The highest BCUT2D eigenvalue weighted by molar-refractivity contribution is 7.99. The molecule has 5 rings (SSSR count). The summed E-state index contributed by atoms with van der Waals surface area (Å²) in [5.41, 5.74) is 0.659. The van der Waals surface area contributed by atoms with Crippen molar-refractivity contribution in [2.24, 2.45) is 0 Å². The van der Waals surface area contributed by atoms with E-state index in [0.717, 1.165) is 24.4 Å². The molecule has 1 aromatic carbocycles. The molecule has 1 amide bonds. The number of nitrogens with zero attached hydrogens (tertiary/aromatic N) is 4. The van der Waals surface area contributed by atoms with Gasteiger partial charge in [0.1, 0.15) is 17.4 Å². The number of halogens is 1. The number of fused-ring (bicyclic) bond motifs is 1. The molecule has 1 saturated carbocycles. The molecule has 0 atom stereocenters. The Balaban J connectivity index is 1.27. The topological polar surface area (TPSA) is 85.8 Å². The fourth-order valence-electron chi connectivity index (χ4n) is 2.99. The number of carbonyl (C=O) groups is 1. The largest absolute Gasteiger partial charge is 0.467 e. The van der Waals surface area contributed by atoms with Gasteiger partial charge in [-0.15, -0.1) is 10.2 Å². The van der Waals surface area contributed by atoms with Crippen LogP contribution in [0.25, 0.3) is 10.2 Å². The Morgan fingerprint density at radius 3 is 3.03 bits per heavy atom. The summed E-state index contributed by atoms with van der Waals surface area (Å²) in [6.07, 6.45) is 3.86. The molecule has 0 radical (unpaired) electrons. The third-order valence-electron chi connectivity index (χ3n) is 4.51. The van der Waals surface area contributed by atoms with E-state index in [1.807, 2.05) is 16.7 Å². The summed E-state index contributed by atoms with van der Waals surface area (Å²) in [5.74, 6) is 1.85. The minimum absolute atomic E-state index is 0.172. The van der Waals surface area contributed by atoms with Gasteiger partial charge in [-0.25, -0.2) is 9.37 Å². The van der Waals surface area contributed by atoms with Gasteiger partial charge in [0.05, 0.1) is 28.8 Å². The zero-order valence-corrected chi connectivity index (χ0v) is 16.8. The second-order valence-electron chi connectivity index (χ2n) is 6.75. The van der Waals surface area contributed by atoms with E-state index in [-0.39, 0.29) is 17.5 Å². The van der Waals surface area contributed by atoms with Gasteiger partial charge in [-0.3, -0.25) is 9.36 Å². The fourth-order valence-corrected chi connectivity index (χ4v) is 4.65. The molecule has 0 aliphatic heterocycles. The van der Waals surface area contributed by atoms with Crippen molar-refractivity contribution >= 4 is 44.4 Å². The van der Waals surface area contributed by atoms with Crippen LogP contribution in [0.15, 0.2) is 46.2 Å². The number of anilines is 1. The maximum atomic E-state index is 13.3. The summed E-state index contributed by atoms with van der Waals surface area (Å²) in [6.45, 7) is 0.541. The van der Waals surface area contributed by atoms with Crippen molar-refractivity contribution in [3.63, 3.8) is 0 Å². The number of furan rings is 1. The predicted molar refractivity (Wildman–Crippen MR) is 109 cm³/mol. The summed E-state index contributed by atoms with van der Waals surface area (Å²) in [6, 6.07) is 8.12. The molecule has 1 N–H and O–H groups in total. The highest BCUT2D eigenvalue weighted by Crippen LogP contribution is 2.40. The molecule has 0 bridgehead atoms. The maximum absolute atomic E-state index is 13.3. The molecule has 0 spiro atoms. The highest BCUT2D eigenvalue weighted by Gasteiger charge is 2.30. The van der Waals surface area contributed by atoms with E-state index in [4.69, 9.17) is 4.42 Å². The van der Waals surface area contributed by atoms with Crippen molar-refractivity contribution in [2.75, 3.05) is 11.1 Å². The fraction of sp³-hybridized carbons (Fsp3) is 0.263. The molecule has 1 fully saturated rings. The molecule has 1 aliphatic rings. The van der Waals surface area contributed by atoms with Crippen molar-refractivity contribution in [3.05, 3.63) is 54.0 Å². The average molecular weight is 430 g/mol. The monoisotopic (exact) mass is 429 g/mol. The molecule has 7 nitrogen and oxygen atoms in total. The van der Waals surface area contributed by atoms with Crippen LogP contribution in [0.2, 0.25) is 0 Å². The molecule has 29 heavy (non-hydrogen) atoms. The smallest absolute Gasteiger partial charge is 0.236 e. The number of nitrogens with one attached hydrogen (secondary N) is 1. The normalized spacial score (nSPS) is 13.8. The minimum Gasteiger partial charge on any atom is -0.467 e. The van der Waals surface area contributed by atoms with Crippen molar-refractivity contribution in [2.45, 2.75) is 30.5 Å². The van der Waals surface area contributed by atoms with E-state index < -0.39 is 0 Å². The SMILES string of the molecule is O=C(CSc1nnc(C2CC2)n1Cc1ccco1)Nc1nc2ccc(F)cc2s1. The number of hydrogen-bond donors (Lipinski definition) is 1. The van der Waals surface area contributed by atoms with Crippen LogP contribution in [-0.4, -0.2) is 31.4 Å². The van der Waals surface area contributed by atoms with Crippen LogP contribution in [0, 0.1) is 5.82 Å². The van der Waals surface area contributed by atoms with Gasteiger partial charge in [-0.1, -0.05) is 23.1 Å². The molecular weight excluding hydrogens is 413 g/mol. The Morgan fingerprint density at radius 2 is 2.24 bits per heavy atom. The Labute approximate surface area is 173 Å². The third-order valence-corrected chi connectivity index (χ3v) is 6.41. The van der Waals surface area contributed by atoms with Gasteiger partial charge in [0.2, 0.25) is 5.91 Å². The minimum atomic E-state index is -0.322. The summed E-state index contributed by atoms with van der Waals surface area (Å²) in [5, 5.41) is 12.5. The van der Waals surface area contributed by atoms with E-state index in [2.05, 4.69) is 20.5 Å². The van der Waals surface area contributed by atoms with Gasteiger partial charge in [-0.2, -0.15) is 0 Å². The van der Waals surface area contributed by atoms with Gasteiger partial charge in [0, 0.05) is 5.92 Å². The van der Waals surface area contributed by atoms with Crippen molar-refractivity contribution in [1.29, 1.82) is 0 Å². The maximum Gasteiger partial charge on any atom is 0.236 e. The average Bonchev–Trinajstić information content (AvgIpc) is 3.10. The number of benzene rings is 1. The van der Waals surface area contributed by atoms with Crippen LogP contribution < -0.4 is 5.32 Å². The summed E-state index contributed by atoms with van der Waals surface area (Å²) in [7, 11) is 0. The quantitative estimate of drug-likeness (QED) is 0.442.